The average molecular weight is 281 g/mol. The molecule has 12 heavy (non-hydrogen) atoms. The van der Waals surface area contributed by atoms with Gasteiger partial charge in [-0.15, -0.1) is 0 Å². The number of nitrogens with zero attached hydrogens (tertiary/aromatic N) is 3. The molecule has 0 N–H and O–H groups in total. The number of halogens is 1. The Balaban J connectivity index is 2.75. The van der Waals surface area contributed by atoms with Crippen LogP contribution in [-0.4, -0.2) is 27.2 Å². The summed E-state index contributed by atoms with van der Waals surface area (Å²) in [7, 11) is 0. The Hall–Kier alpha value is 0. The van der Waals surface area contributed by atoms with Crippen LogP contribution < -0.4 is 0 Å². The molecular formula is C8H16IN3. The third-order valence-corrected chi connectivity index (χ3v) is 2.70. The summed E-state index contributed by atoms with van der Waals surface area (Å²) in [6.07, 6.45) is 2.28. The highest BCUT2D eigenvalue weighted by atomic mass is 127. The fourth-order valence-electron chi connectivity index (χ4n) is 1.44. The van der Waals surface area contributed by atoms with Crippen LogP contribution in [0.15, 0.2) is 5.10 Å². The molecule has 1 rings (SSSR count). The quantitative estimate of drug-likeness (QED) is 0.542. The molecule has 3 nitrogen and oxygen atoms in total. The van der Waals surface area contributed by atoms with Crippen LogP contribution in [0.25, 0.3) is 0 Å². The highest BCUT2D eigenvalue weighted by Gasteiger charge is 2.35. The van der Waals surface area contributed by atoms with E-state index in [1.807, 2.05) is 6.34 Å². The maximum atomic E-state index is 4.31. The van der Waals surface area contributed by atoms with Crippen molar-refractivity contribution in [1.29, 1.82) is 0 Å². The van der Waals surface area contributed by atoms with E-state index in [0.29, 0.717) is 6.17 Å². The molecule has 1 unspecified atom stereocenters. The van der Waals surface area contributed by atoms with Gasteiger partial charge < -0.3 is 0 Å². The number of hydrogen-bond donors (Lipinski definition) is 0. The topological polar surface area (TPSA) is 18.8 Å². The van der Waals surface area contributed by atoms with Crippen LogP contribution in [0.1, 0.15) is 27.7 Å². The van der Waals surface area contributed by atoms with Gasteiger partial charge in [-0.25, -0.2) is 0 Å². The Morgan fingerprint density at radius 2 is 2.08 bits per heavy atom. The van der Waals surface area contributed by atoms with E-state index in [1.165, 1.54) is 0 Å². The fraction of sp³-hybridized carbons (Fsp3) is 0.875. The summed E-state index contributed by atoms with van der Waals surface area (Å²) < 4.78 is 2.14. The molecule has 0 saturated heterocycles. The minimum absolute atomic E-state index is 0.244. The summed E-state index contributed by atoms with van der Waals surface area (Å²) in [4.78, 5) is 0. The number of hydrazone groups is 1. The Morgan fingerprint density at radius 1 is 1.50 bits per heavy atom. The molecule has 0 radical (unpaired) electrons. The van der Waals surface area contributed by atoms with Crippen LogP contribution in [0.4, 0.5) is 0 Å². The Bertz CT molecular complexity index is 185. The molecule has 0 bridgehead atoms. The average Bonchev–Trinajstić information content (AvgIpc) is 2.29. The SMILES string of the molecule is CCN1N=CN(I)C1C(C)(C)C. The normalized spacial score (nSPS) is 23.9. The third-order valence-electron chi connectivity index (χ3n) is 1.92. The van der Waals surface area contributed by atoms with Crippen LogP contribution in [0.3, 0.4) is 0 Å². The first kappa shape index (κ1) is 10.1. The Morgan fingerprint density at radius 3 is 2.42 bits per heavy atom. The van der Waals surface area contributed by atoms with E-state index in [2.05, 4.69) is 63.8 Å². The summed E-state index contributed by atoms with van der Waals surface area (Å²) in [5, 5.41) is 6.43. The molecule has 1 aliphatic rings. The zero-order chi connectivity index (χ0) is 9.35. The van der Waals surface area contributed by atoms with E-state index in [-0.39, 0.29) is 5.41 Å². The molecule has 0 aliphatic carbocycles. The van der Waals surface area contributed by atoms with Crippen molar-refractivity contribution in [3.05, 3.63) is 0 Å². The van der Waals surface area contributed by atoms with Crippen molar-refractivity contribution in [3.8, 4) is 0 Å². The van der Waals surface area contributed by atoms with E-state index >= 15 is 0 Å². The molecule has 0 saturated carbocycles. The Labute approximate surface area is 88.3 Å². The van der Waals surface area contributed by atoms with Gasteiger partial charge in [-0.05, 0) is 6.92 Å². The lowest BCUT2D eigenvalue weighted by atomic mass is 9.92. The van der Waals surface area contributed by atoms with E-state index < -0.39 is 0 Å². The molecule has 1 aliphatic heterocycles. The first-order valence-corrected chi connectivity index (χ1v) is 5.18. The Kier molecular flexibility index (Phi) is 2.85. The largest absolute Gasteiger partial charge is 0.280 e. The van der Waals surface area contributed by atoms with Crippen molar-refractivity contribution in [1.82, 2.24) is 8.12 Å². The van der Waals surface area contributed by atoms with Crippen molar-refractivity contribution in [3.63, 3.8) is 0 Å². The van der Waals surface area contributed by atoms with Gasteiger partial charge >= 0.3 is 0 Å². The van der Waals surface area contributed by atoms with E-state index in [9.17, 15) is 0 Å². The van der Waals surface area contributed by atoms with E-state index in [1.54, 1.807) is 0 Å². The second-order valence-electron chi connectivity index (χ2n) is 4.07. The maximum Gasteiger partial charge on any atom is 0.133 e. The maximum absolute atomic E-state index is 4.31. The van der Waals surface area contributed by atoms with Crippen molar-refractivity contribution in [2.45, 2.75) is 33.9 Å². The van der Waals surface area contributed by atoms with Gasteiger partial charge in [-0.2, -0.15) is 5.10 Å². The van der Waals surface area contributed by atoms with Crippen LogP contribution in [0.2, 0.25) is 0 Å². The van der Waals surface area contributed by atoms with Crippen LogP contribution in [0, 0.1) is 5.41 Å². The van der Waals surface area contributed by atoms with Gasteiger partial charge in [-0.1, -0.05) is 20.8 Å². The zero-order valence-electron chi connectivity index (χ0n) is 8.08. The molecule has 0 aromatic heterocycles. The van der Waals surface area contributed by atoms with E-state index in [4.69, 9.17) is 0 Å². The molecule has 0 amide bonds. The van der Waals surface area contributed by atoms with Gasteiger partial charge in [0.1, 0.15) is 12.5 Å². The van der Waals surface area contributed by atoms with Crippen molar-refractivity contribution in [2.75, 3.05) is 6.54 Å². The van der Waals surface area contributed by atoms with Crippen LogP contribution >= 0.6 is 22.9 Å². The second kappa shape index (κ2) is 3.40. The zero-order valence-corrected chi connectivity index (χ0v) is 10.2. The highest BCUT2D eigenvalue weighted by molar-refractivity contribution is 14.1. The molecule has 0 aromatic rings. The second-order valence-corrected chi connectivity index (χ2v) is 5.18. The fourth-order valence-corrected chi connectivity index (χ4v) is 2.68. The van der Waals surface area contributed by atoms with Gasteiger partial charge in [0.2, 0.25) is 0 Å². The molecule has 1 heterocycles. The molecule has 1 atom stereocenters. The van der Waals surface area contributed by atoms with Crippen LogP contribution in [0.5, 0.6) is 0 Å². The lowest BCUT2D eigenvalue weighted by Gasteiger charge is -2.36. The molecule has 0 fully saturated rings. The molecular weight excluding hydrogens is 265 g/mol. The lowest BCUT2D eigenvalue weighted by Crippen LogP contribution is -2.44. The first-order chi connectivity index (χ1) is 5.46. The minimum atomic E-state index is 0.244. The van der Waals surface area contributed by atoms with Gasteiger partial charge in [0, 0.05) is 12.0 Å². The molecule has 70 valence electrons. The summed E-state index contributed by atoms with van der Waals surface area (Å²) >= 11 is 2.30. The van der Waals surface area contributed by atoms with Gasteiger partial charge in [0.15, 0.2) is 0 Å². The number of hydrogen-bond acceptors (Lipinski definition) is 3. The predicted octanol–water partition coefficient (Wildman–Crippen LogP) is 2.29. The van der Waals surface area contributed by atoms with Gasteiger partial charge in [0.25, 0.3) is 0 Å². The van der Waals surface area contributed by atoms with Gasteiger partial charge in [0.05, 0.1) is 22.9 Å². The van der Waals surface area contributed by atoms with E-state index in [0.717, 1.165) is 6.54 Å². The standard InChI is InChI=1S/C8H16IN3/c1-5-12-7(8(2,3)4)11(9)6-10-12/h6-7H,5H2,1-4H3. The third kappa shape index (κ3) is 1.84. The summed E-state index contributed by atoms with van der Waals surface area (Å²) in [6, 6.07) is 0. The van der Waals surface area contributed by atoms with Crippen LogP contribution in [-0.2, 0) is 0 Å². The first-order valence-electron chi connectivity index (χ1n) is 4.21. The minimum Gasteiger partial charge on any atom is -0.280 e. The molecule has 0 spiro atoms. The van der Waals surface area contributed by atoms with Gasteiger partial charge in [-0.3, -0.25) is 8.12 Å². The summed E-state index contributed by atoms with van der Waals surface area (Å²) in [5.41, 5.74) is 0.244. The molecule has 0 aromatic carbocycles. The lowest BCUT2D eigenvalue weighted by molar-refractivity contribution is 0.0864. The number of rotatable bonds is 1. The van der Waals surface area contributed by atoms with Crippen molar-refractivity contribution in [2.24, 2.45) is 10.5 Å². The predicted molar refractivity (Wildman–Crippen MR) is 60.0 cm³/mol. The summed E-state index contributed by atoms with van der Waals surface area (Å²) in [6.45, 7) is 9.81. The monoisotopic (exact) mass is 281 g/mol. The molecule has 4 heteroatoms. The summed E-state index contributed by atoms with van der Waals surface area (Å²) in [5.74, 6) is 0. The smallest absolute Gasteiger partial charge is 0.133 e. The van der Waals surface area contributed by atoms with Crippen molar-refractivity contribution >= 4 is 29.2 Å². The van der Waals surface area contributed by atoms with Crippen molar-refractivity contribution < 1.29 is 0 Å². The highest BCUT2D eigenvalue weighted by Crippen LogP contribution is 2.31.